The maximum Gasteiger partial charge on any atom is 0.327 e. The van der Waals surface area contributed by atoms with Gasteiger partial charge in [0.2, 0.25) is 5.91 Å². The van der Waals surface area contributed by atoms with E-state index >= 15 is 0 Å². The molecule has 0 aliphatic carbocycles. The summed E-state index contributed by atoms with van der Waals surface area (Å²) in [7, 11) is 4.67. The van der Waals surface area contributed by atoms with Gasteiger partial charge in [-0.15, -0.1) is 0 Å². The highest BCUT2D eigenvalue weighted by Crippen LogP contribution is 2.29. The zero-order chi connectivity index (χ0) is 15.6. The van der Waals surface area contributed by atoms with Gasteiger partial charge in [0.15, 0.2) is 11.5 Å². The fourth-order valence-electron chi connectivity index (χ4n) is 2.23. The third-order valence-corrected chi connectivity index (χ3v) is 3.45. The summed E-state index contributed by atoms with van der Waals surface area (Å²) >= 11 is 0. The zero-order valence-corrected chi connectivity index (χ0v) is 12.3. The maximum absolute atomic E-state index is 11.8. The molecule has 1 heterocycles. The molecule has 1 aliphatic rings. The summed E-state index contributed by atoms with van der Waals surface area (Å²) in [6.07, 6.45) is 0. The van der Waals surface area contributed by atoms with Gasteiger partial charge in [-0.2, -0.15) is 0 Å². The molecule has 1 aromatic carbocycles. The van der Waals surface area contributed by atoms with Crippen LogP contribution in [0.15, 0.2) is 18.2 Å². The summed E-state index contributed by atoms with van der Waals surface area (Å²) in [5.41, 5.74) is 6.87. The van der Waals surface area contributed by atoms with E-state index in [0.29, 0.717) is 11.5 Å². The SMILES string of the molecule is COc1ccc(C(N)CN2C(=O)CN(C)C2=O)cc1OC. The number of methoxy groups -OCH3 is 2. The normalized spacial score (nSPS) is 16.4. The first-order valence-corrected chi connectivity index (χ1v) is 6.51. The molecule has 0 saturated carbocycles. The molecule has 1 saturated heterocycles. The summed E-state index contributed by atoms with van der Waals surface area (Å²) in [6.45, 7) is 0.231. The Morgan fingerprint density at radius 1 is 1.24 bits per heavy atom. The second-order valence-corrected chi connectivity index (χ2v) is 4.86. The largest absolute Gasteiger partial charge is 0.493 e. The number of urea groups is 1. The number of rotatable bonds is 5. The van der Waals surface area contributed by atoms with Crippen LogP contribution in [0.4, 0.5) is 4.79 Å². The van der Waals surface area contributed by atoms with Crippen LogP contribution in [-0.2, 0) is 4.79 Å². The highest BCUT2D eigenvalue weighted by molar-refractivity contribution is 6.01. The van der Waals surface area contributed by atoms with Crippen LogP contribution in [0.2, 0.25) is 0 Å². The Morgan fingerprint density at radius 2 is 1.90 bits per heavy atom. The fraction of sp³-hybridized carbons (Fsp3) is 0.429. The number of amides is 3. The van der Waals surface area contributed by atoms with Gasteiger partial charge in [0.05, 0.1) is 14.2 Å². The number of likely N-dealkylation sites (N-methyl/N-ethyl adjacent to an activating group) is 1. The van der Waals surface area contributed by atoms with E-state index in [1.807, 2.05) is 0 Å². The quantitative estimate of drug-likeness (QED) is 0.803. The van der Waals surface area contributed by atoms with Crippen molar-refractivity contribution in [2.24, 2.45) is 5.73 Å². The van der Waals surface area contributed by atoms with Crippen molar-refractivity contribution in [1.29, 1.82) is 0 Å². The number of hydrogen-bond acceptors (Lipinski definition) is 5. The van der Waals surface area contributed by atoms with Crippen molar-refractivity contribution < 1.29 is 19.1 Å². The lowest BCUT2D eigenvalue weighted by Crippen LogP contribution is -2.37. The molecule has 0 spiro atoms. The molecular weight excluding hydrogens is 274 g/mol. The van der Waals surface area contributed by atoms with Crippen molar-refractivity contribution in [3.8, 4) is 11.5 Å². The fourth-order valence-corrected chi connectivity index (χ4v) is 2.23. The van der Waals surface area contributed by atoms with Crippen LogP contribution in [0, 0.1) is 0 Å². The van der Waals surface area contributed by atoms with Gasteiger partial charge in [0, 0.05) is 19.6 Å². The molecule has 0 aromatic heterocycles. The van der Waals surface area contributed by atoms with Crippen molar-refractivity contribution in [3.63, 3.8) is 0 Å². The molecule has 3 amide bonds. The predicted octanol–water partition coefficient (Wildman–Crippen LogP) is 0.598. The lowest BCUT2D eigenvalue weighted by atomic mass is 10.1. The van der Waals surface area contributed by atoms with E-state index in [2.05, 4.69) is 0 Å². The second-order valence-electron chi connectivity index (χ2n) is 4.86. The van der Waals surface area contributed by atoms with Gasteiger partial charge in [-0.3, -0.25) is 9.69 Å². The number of carbonyl (C=O) groups excluding carboxylic acids is 2. The Balaban J connectivity index is 2.15. The van der Waals surface area contributed by atoms with Crippen LogP contribution < -0.4 is 15.2 Å². The van der Waals surface area contributed by atoms with Crippen LogP contribution in [0.25, 0.3) is 0 Å². The minimum Gasteiger partial charge on any atom is -0.493 e. The van der Waals surface area contributed by atoms with Crippen molar-refractivity contribution >= 4 is 11.9 Å². The van der Waals surface area contributed by atoms with E-state index in [4.69, 9.17) is 15.2 Å². The summed E-state index contributed by atoms with van der Waals surface area (Å²) in [6, 6.07) is 4.48. The Labute approximate surface area is 123 Å². The number of carbonyl (C=O) groups is 2. The Morgan fingerprint density at radius 3 is 2.43 bits per heavy atom. The predicted molar refractivity (Wildman–Crippen MR) is 76.2 cm³/mol. The van der Waals surface area contributed by atoms with Crippen molar-refractivity contribution in [2.75, 3.05) is 34.4 Å². The summed E-state index contributed by atoms with van der Waals surface area (Å²) in [5.74, 6) is 0.918. The molecule has 7 nitrogen and oxygen atoms in total. The first-order chi connectivity index (χ1) is 9.97. The van der Waals surface area contributed by atoms with Crippen LogP contribution in [0.5, 0.6) is 11.5 Å². The minimum absolute atomic E-state index is 0.0947. The Kier molecular flexibility index (Phi) is 4.32. The number of imide groups is 1. The number of hydrogen-bond donors (Lipinski definition) is 1. The number of benzene rings is 1. The van der Waals surface area contributed by atoms with Crippen LogP contribution >= 0.6 is 0 Å². The Bertz CT molecular complexity index is 561. The molecule has 0 bridgehead atoms. The molecule has 21 heavy (non-hydrogen) atoms. The molecule has 1 fully saturated rings. The topological polar surface area (TPSA) is 85.1 Å². The lowest BCUT2D eigenvalue weighted by Gasteiger charge is -2.20. The molecule has 1 aromatic rings. The standard InChI is InChI=1S/C14H19N3O4/c1-16-8-13(18)17(14(16)19)7-10(15)9-4-5-11(20-2)12(6-9)21-3/h4-6,10H,7-8,15H2,1-3H3. The third kappa shape index (κ3) is 2.92. The first-order valence-electron chi connectivity index (χ1n) is 6.51. The summed E-state index contributed by atoms with van der Waals surface area (Å²) in [4.78, 5) is 26.1. The summed E-state index contributed by atoms with van der Waals surface area (Å²) in [5, 5.41) is 0. The maximum atomic E-state index is 11.8. The van der Waals surface area contributed by atoms with E-state index in [9.17, 15) is 9.59 Å². The molecule has 2 N–H and O–H groups in total. The van der Waals surface area contributed by atoms with Gasteiger partial charge in [0.25, 0.3) is 0 Å². The summed E-state index contributed by atoms with van der Waals surface area (Å²) < 4.78 is 10.4. The first kappa shape index (κ1) is 15.1. The van der Waals surface area contributed by atoms with Crippen molar-refractivity contribution in [3.05, 3.63) is 23.8 Å². The molecule has 7 heteroatoms. The van der Waals surface area contributed by atoms with Crippen molar-refractivity contribution in [1.82, 2.24) is 9.80 Å². The molecule has 1 unspecified atom stereocenters. The number of nitrogens with two attached hydrogens (primary N) is 1. The molecule has 1 aliphatic heterocycles. The van der Waals surface area contributed by atoms with Crippen LogP contribution in [0.1, 0.15) is 11.6 Å². The van der Waals surface area contributed by atoms with E-state index in [1.165, 1.54) is 16.9 Å². The van der Waals surface area contributed by atoms with E-state index in [1.54, 1.807) is 32.4 Å². The van der Waals surface area contributed by atoms with E-state index < -0.39 is 6.04 Å². The zero-order valence-electron chi connectivity index (χ0n) is 12.3. The van der Waals surface area contributed by atoms with Gasteiger partial charge in [-0.05, 0) is 17.7 Å². The molecule has 2 rings (SSSR count). The van der Waals surface area contributed by atoms with Gasteiger partial charge < -0.3 is 20.1 Å². The van der Waals surface area contributed by atoms with Gasteiger partial charge >= 0.3 is 6.03 Å². The third-order valence-electron chi connectivity index (χ3n) is 3.45. The minimum atomic E-state index is -0.482. The van der Waals surface area contributed by atoms with E-state index in [-0.39, 0.29) is 25.0 Å². The molecule has 114 valence electrons. The van der Waals surface area contributed by atoms with Gasteiger partial charge in [-0.25, -0.2) is 4.79 Å². The highest BCUT2D eigenvalue weighted by Gasteiger charge is 2.34. The lowest BCUT2D eigenvalue weighted by molar-refractivity contribution is -0.125. The van der Waals surface area contributed by atoms with Gasteiger partial charge in [0.1, 0.15) is 6.54 Å². The van der Waals surface area contributed by atoms with Crippen molar-refractivity contribution in [2.45, 2.75) is 6.04 Å². The average molecular weight is 293 g/mol. The van der Waals surface area contributed by atoms with Crippen LogP contribution in [-0.4, -0.2) is 56.1 Å². The van der Waals surface area contributed by atoms with Crippen LogP contribution in [0.3, 0.4) is 0 Å². The monoisotopic (exact) mass is 293 g/mol. The number of nitrogens with zero attached hydrogens (tertiary/aromatic N) is 2. The number of ether oxygens (including phenoxy) is 2. The smallest absolute Gasteiger partial charge is 0.327 e. The van der Waals surface area contributed by atoms with E-state index in [0.717, 1.165) is 5.56 Å². The second kappa shape index (κ2) is 6.01. The Hall–Kier alpha value is -2.28. The highest BCUT2D eigenvalue weighted by atomic mass is 16.5. The molecule has 0 radical (unpaired) electrons. The molecular formula is C14H19N3O4. The molecule has 1 atom stereocenters. The van der Waals surface area contributed by atoms with Gasteiger partial charge in [-0.1, -0.05) is 6.07 Å². The average Bonchev–Trinajstić information content (AvgIpc) is 2.72.